The van der Waals surface area contributed by atoms with Gasteiger partial charge in [-0.3, -0.25) is 81.5 Å². The number of aliphatic hydroxyl groups is 1. The number of primary amides is 4. The molecule has 0 unspecified atom stereocenters. The van der Waals surface area contributed by atoms with Crippen molar-refractivity contribution < 1.29 is 96.5 Å². The highest BCUT2D eigenvalue weighted by atomic mass is 32.1. The predicted molar refractivity (Wildman–Crippen MR) is 491 cm³/mol. The van der Waals surface area contributed by atoms with E-state index in [0.717, 1.165) is 13.8 Å². The zero-order chi connectivity index (χ0) is 96.5. The molecule has 710 valence electrons. The fourth-order valence-corrected chi connectivity index (χ4v) is 14.5. The number of carbonyl (C=O) groups excluding carboxylic acids is 18. The van der Waals surface area contributed by atoms with E-state index in [0.29, 0.717) is 69.0 Å². The van der Waals surface area contributed by atoms with Gasteiger partial charge in [0.15, 0.2) is 0 Å². The van der Waals surface area contributed by atoms with Crippen LogP contribution >= 0.6 is 25.3 Å². The van der Waals surface area contributed by atoms with Crippen LogP contribution in [0, 0.1) is 0 Å². The van der Waals surface area contributed by atoms with Gasteiger partial charge in [-0.25, -0.2) is 4.79 Å². The summed E-state index contributed by atoms with van der Waals surface area (Å²) in [6, 6.07) is 16.1. The standard InChI is InChI=1S/C88H116N22O20S2/c1-48(111)75(110-80(122)63(31-33-72(91)115)103-85(127)69(46-131)99-49(2)112)87(129)108-68(42-54-44-97-59-23-12-10-21-57(54)59)84(126)102-62(30-32-71(90)114)79(121)109-70(47-132)86(128)106-66(40-52-26-28-55(113)29-27-52)82(124)107-67(41-53-43-96-58-22-11-9-20-56(53)58)83(125)101-61(25-15-36-95-88(93)130)78(120)105-65(39-51-18-7-4-8-19-51)81(123)104-64(38-50-16-5-3-6-17-50)77(119)98-45-74(117)94-37-34-73(116)100-60(76(92)118)24-13-14-35-89/h3-12,16-23,26-29,43-44,48,60-70,75,96-97,111,113,131-132H,13-15,24-25,30-42,45-47,89H2,1-2H3,(H2,90,114)(H2,91,115)(H2,92,118)(H,94,117)(H,98,119)(H,99,112)(H,100,116)(H,101,125)(H,102,126)(H,103,127)(H,104,123)(H,105,120)(H,106,128)(H,107,124)(H,108,129)(H,109,121)(H,110,122)(H3,93,95,130)/t48-,60-,61+,62+,63+,64+,65-,66+,67+,68+,69+,70+,75+/m1/s1. The van der Waals surface area contributed by atoms with Crippen LogP contribution in [0.2, 0.25) is 0 Å². The lowest BCUT2D eigenvalue weighted by atomic mass is 10.0. The Labute approximate surface area is 770 Å². The molecule has 7 rings (SSSR count). The van der Waals surface area contributed by atoms with Gasteiger partial charge < -0.3 is 129 Å². The molecule has 0 aliphatic heterocycles. The Balaban J connectivity index is 1.16. The molecule has 42 nitrogen and oxygen atoms in total. The van der Waals surface area contributed by atoms with E-state index in [2.05, 4.69) is 115 Å². The normalized spacial score (nSPS) is 14.0. The summed E-state index contributed by atoms with van der Waals surface area (Å²) in [7, 11) is 0. The molecule has 2 heterocycles. The summed E-state index contributed by atoms with van der Waals surface area (Å²) in [5, 5.41) is 60.9. The number of fused-ring (bicyclic) bond motifs is 2. The molecule has 0 fully saturated rings. The number of thiol groups is 2. The van der Waals surface area contributed by atoms with Gasteiger partial charge in [0.1, 0.15) is 78.3 Å². The number of aromatic amines is 2. The van der Waals surface area contributed by atoms with Gasteiger partial charge in [-0.2, -0.15) is 25.3 Å². The molecule has 44 heteroatoms. The molecule has 132 heavy (non-hydrogen) atoms. The minimum Gasteiger partial charge on any atom is -0.508 e. The number of rotatable bonds is 56. The molecule has 0 radical (unpaired) electrons. The first-order valence-corrected chi connectivity index (χ1v) is 43.9. The van der Waals surface area contributed by atoms with E-state index in [9.17, 15) is 77.3 Å². The first-order chi connectivity index (χ1) is 63.0. The largest absolute Gasteiger partial charge is 0.508 e. The van der Waals surface area contributed by atoms with Gasteiger partial charge in [-0.05, 0) is 110 Å². The molecule has 13 atom stereocenters. The lowest BCUT2D eigenvalue weighted by Gasteiger charge is -2.29. The molecule has 2 aromatic heterocycles. The number of nitrogens with one attached hydrogen (secondary N) is 17. The minimum atomic E-state index is -1.93. The van der Waals surface area contributed by atoms with Gasteiger partial charge in [0.05, 0.1) is 12.6 Å². The molecule has 5 aromatic carbocycles. The first kappa shape index (κ1) is 105. The van der Waals surface area contributed by atoms with E-state index >= 15 is 19.2 Å². The summed E-state index contributed by atoms with van der Waals surface area (Å²) in [6.45, 7) is 1.64. The smallest absolute Gasteiger partial charge is 0.312 e. The molecular weight excluding hydrogens is 1750 g/mol. The lowest BCUT2D eigenvalue weighted by molar-refractivity contribution is -0.137. The monoisotopic (exact) mass is 1860 g/mol. The van der Waals surface area contributed by atoms with Crippen LogP contribution in [0.15, 0.2) is 146 Å². The summed E-state index contributed by atoms with van der Waals surface area (Å²) in [5.41, 5.74) is 30.9. The second-order valence-electron chi connectivity index (χ2n) is 31.3. The Morgan fingerprint density at radius 2 is 0.742 bits per heavy atom. The summed E-state index contributed by atoms with van der Waals surface area (Å²) in [5.74, 6) is -16.9. The van der Waals surface area contributed by atoms with Crippen molar-refractivity contribution in [1.29, 1.82) is 0 Å². The second kappa shape index (κ2) is 53.7. The second-order valence-corrected chi connectivity index (χ2v) is 32.1. The highest BCUT2D eigenvalue weighted by Gasteiger charge is 2.39. The lowest BCUT2D eigenvalue weighted by Crippen LogP contribution is -2.62. The Hall–Kier alpha value is -14.1. The summed E-state index contributed by atoms with van der Waals surface area (Å²) in [4.78, 5) is 255. The number of aromatic hydroxyl groups is 1. The number of aliphatic hydroxyl groups excluding tert-OH is 1. The summed E-state index contributed by atoms with van der Waals surface area (Å²) in [6.07, 6.45) is -1.40. The molecule has 0 saturated carbocycles. The number of H-pyrrole nitrogens is 2. The van der Waals surface area contributed by atoms with Crippen LogP contribution in [-0.4, -0.2) is 243 Å². The zero-order valence-corrected chi connectivity index (χ0v) is 74.5. The third-order valence-electron chi connectivity index (χ3n) is 21.0. The van der Waals surface area contributed by atoms with Crippen LogP contribution < -0.4 is 108 Å². The number of amides is 19. The fourth-order valence-electron chi connectivity index (χ4n) is 14.0. The van der Waals surface area contributed by atoms with Crippen LogP contribution in [0.1, 0.15) is 106 Å². The van der Waals surface area contributed by atoms with E-state index in [1.54, 1.807) is 115 Å². The third kappa shape index (κ3) is 35.0. The van der Waals surface area contributed by atoms with Gasteiger partial charge in [0, 0.05) is 117 Å². The van der Waals surface area contributed by atoms with E-state index in [4.69, 9.17) is 28.7 Å². The first-order valence-electron chi connectivity index (χ1n) is 42.6. The van der Waals surface area contributed by atoms with Crippen molar-refractivity contribution in [3.63, 3.8) is 0 Å². The highest BCUT2D eigenvalue weighted by molar-refractivity contribution is 7.80. The molecule has 29 N–H and O–H groups in total. The van der Waals surface area contributed by atoms with Gasteiger partial charge in [0.2, 0.25) is 100 Å². The average molecular weight is 1870 g/mol. The highest BCUT2D eigenvalue weighted by Crippen LogP contribution is 2.23. The van der Waals surface area contributed by atoms with Crippen LogP contribution in [0.5, 0.6) is 5.75 Å². The number of benzene rings is 5. The Morgan fingerprint density at radius 1 is 0.364 bits per heavy atom. The molecular formula is C88H116N22O20S2. The Kier molecular flexibility index (Phi) is 42.7. The number of carbonyl (C=O) groups is 18. The van der Waals surface area contributed by atoms with Crippen molar-refractivity contribution in [2.24, 2.45) is 28.7 Å². The quantitative estimate of drug-likeness (QED) is 0.0128. The number of para-hydroxylation sites is 2. The van der Waals surface area contributed by atoms with Crippen molar-refractivity contribution in [2.75, 3.05) is 37.7 Å². The number of hydrogen-bond acceptors (Lipinski definition) is 23. The molecule has 0 aliphatic carbocycles. The van der Waals surface area contributed by atoms with E-state index in [-0.39, 0.29) is 76.0 Å². The van der Waals surface area contributed by atoms with Gasteiger partial charge >= 0.3 is 6.03 Å². The van der Waals surface area contributed by atoms with Crippen molar-refractivity contribution in [3.05, 3.63) is 174 Å². The summed E-state index contributed by atoms with van der Waals surface area (Å²) >= 11 is 8.51. The number of phenolic OH excluding ortho intramolecular Hbond substituents is 1. The molecule has 0 bridgehead atoms. The van der Waals surface area contributed by atoms with Gasteiger partial charge in [0.25, 0.3) is 0 Å². The number of hydrogen-bond donors (Lipinski definition) is 26. The van der Waals surface area contributed by atoms with Crippen LogP contribution in [0.4, 0.5) is 4.79 Å². The number of phenols is 1. The molecule has 0 aliphatic rings. The van der Waals surface area contributed by atoms with Crippen LogP contribution in [-0.2, 0) is 114 Å². The van der Waals surface area contributed by atoms with Crippen molar-refractivity contribution in [3.8, 4) is 5.75 Å². The number of aromatic nitrogens is 2. The maximum Gasteiger partial charge on any atom is 0.312 e. The van der Waals surface area contributed by atoms with Crippen molar-refractivity contribution >= 4 is 154 Å². The fraction of sp³-hybridized carbons (Fsp3) is 0.409. The average Bonchev–Trinajstić information content (AvgIpc) is 1.70. The number of nitrogens with two attached hydrogens (primary N) is 5. The van der Waals surface area contributed by atoms with Crippen molar-refractivity contribution in [1.82, 2.24) is 89.7 Å². The van der Waals surface area contributed by atoms with E-state index < -0.39 is 229 Å². The minimum absolute atomic E-state index is 0.0559. The Bertz CT molecular complexity index is 5160. The number of urea groups is 1. The Morgan fingerprint density at radius 3 is 1.17 bits per heavy atom. The van der Waals surface area contributed by atoms with Crippen LogP contribution in [0.25, 0.3) is 21.8 Å². The third-order valence-corrected chi connectivity index (χ3v) is 21.7. The van der Waals surface area contributed by atoms with E-state index in [1.807, 2.05) is 0 Å². The molecule has 19 amide bonds. The predicted octanol–water partition coefficient (Wildman–Crippen LogP) is -3.84. The molecule has 0 spiro atoms. The maximum absolute atomic E-state index is 15.5. The number of unbranched alkanes of at least 4 members (excludes halogenated alkanes) is 1. The molecule has 0 saturated heterocycles. The molecule has 7 aromatic rings. The maximum atomic E-state index is 15.5. The van der Waals surface area contributed by atoms with Gasteiger partial charge in [-0.1, -0.05) is 109 Å². The van der Waals surface area contributed by atoms with Crippen LogP contribution in [0.3, 0.4) is 0 Å². The van der Waals surface area contributed by atoms with E-state index in [1.165, 1.54) is 30.5 Å². The SMILES string of the molecule is CC(=O)N[C@@H](CS)C(=O)N[C@@H](CCC(N)=O)C(=O)N[C@H](C(=O)N[C@@H](Cc1c[nH]c2ccccc12)C(=O)N[C@@H](CCC(N)=O)C(=O)N[C@@H](CS)C(=O)N[C@@H](Cc1ccc(O)cc1)C(=O)N[C@@H](Cc1c[nH]c2ccccc12)C(=O)N[C@@H](CCCNC(N)=O)C(=O)N[C@H](Cc1ccccc1)C(=O)N[C@@H](Cc1ccccc1)C(=O)NCC(=O)NCCC(=O)N[C@H](CCCCN)C(N)=O)[C@@H](C)O. The van der Waals surface area contributed by atoms with Gasteiger partial charge in [-0.15, -0.1) is 0 Å². The zero-order valence-electron chi connectivity index (χ0n) is 72.7. The van der Waals surface area contributed by atoms with Crippen molar-refractivity contribution in [2.45, 2.75) is 189 Å². The summed E-state index contributed by atoms with van der Waals surface area (Å²) < 4.78 is 0. The topological polar surface area (TPSA) is 690 Å².